The molecule has 0 aromatic rings. The van der Waals surface area contributed by atoms with E-state index in [9.17, 15) is 0 Å². The van der Waals surface area contributed by atoms with Crippen molar-refractivity contribution < 1.29 is 0 Å². The van der Waals surface area contributed by atoms with E-state index in [1.54, 1.807) is 6.20 Å². The average molecular weight is 391 g/mol. The number of nitrogens with two attached hydrogens (primary N) is 1. The second-order valence-corrected chi connectivity index (χ2v) is 7.88. The number of hydrogen-bond donors (Lipinski definition) is 2. The van der Waals surface area contributed by atoms with E-state index >= 15 is 0 Å². The Kier molecular flexibility index (Phi) is 9.12. The number of rotatable bonds is 9. The quantitative estimate of drug-likeness (QED) is 0.513. The van der Waals surface area contributed by atoms with E-state index < -0.39 is 0 Å². The van der Waals surface area contributed by atoms with Gasteiger partial charge in [0.1, 0.15) is 5.82 Å². The molecule has 2 aliphatic carbocycles. The van der Waals surface area contributed by atoms with Crippen LogP contribution in [0.15, 0.2) is 44.8 Å². The molecule has 0 saturated heterocycles. The molecule has 150 valence electrons. The first-order valence-corrected chi connectivity index (χ1v) is 10.8. The molecule has 4 nitrogen and oxygen atoms in total. The maximum absolute atomic E-state index is 6.57. The number of nitrogens with zero attached hydrogens (tertiary/aromatic N) is 2. The summed E-state index contributed by atoms with van der Waals surface area (Å²) < 4.78 is 0. The molecule has 2 aliphatic rings. The summed E-state index contributed by atoms with van der Waals surface area (Å²) in [6.45, 7) is 4.05. The highest BCUT2D eigenvalue weighted by molar-refractivity contribution is 6.50. The van der Waals surface area contributed by atoms with Gasteiger partial charge in [0.2, 0.25) is 0 Å². The molecular weight excluding hydrogens is 356 g/mol. The summed E-state index contributed by atoms with van der Waals surface area (Å²) in [6.07, 6.45) is 16.3. The lowest BCUT2D eigenvalue weighted by Crippen LogP contribution is -2.30. The lowest BCUT2D eigenvalue weighted by molar-refractivity contribution is 0.395. The van der Waals surface area contributed by atoms with Crippen molar-refractivity contribution in [1.29, 1.82) is 0 Å². The van der Waals surface area contributed by atoms with E-state index in [4.69, 9.17) is 22.3 Å². The first-order valence-electron chi connectivity index (χ1n) is 10.4. The molecule has 5 heteroatoms. The third kappa shape index (κ3) is 6.84. The molecule has 2 saturated carbocycles. The van der Waals surface area contributed by atoms with Gasteiger partial charge in [-0.05, 0) is 57.4 Å². The number of hydrogen-bond acceptors (Lipinski definition) is 4. The predicted molar refractivity (Wildman–Crippen MR) is 118 cm³/mol. The zero-order valence-electron chi connectivity index (χ0n) is 17.1. The summed E-state index contributed by atoms with van der Waals surface area (Å²) >= 11 is 6.57. The fourth-order valence-electron chi connectivity index (χ4n) is 3.51. The van der Waals surface area contributed by atoms with Crippen molar-refractivity contribution in [3.8, 4) is 0 Å². The lowest BCUT2D eigenvalue weighted by atomic mass is 9.95. The van der Waals surface area contributed by atoms with E-state index in [-0.39, 0.29) is 0 Å². The average Bonchev–Trinajstić information content (AvgIpc) is 3.51. The predicted octanol–water partition coefficient (Wildman–Crippen LogP) is 5.46. The Bertz CT molecular complexity index is 633. The first kappa shape index (κ1) is 21.7. The van der Waals surface area contributed by atoms with E-state index in [0.29, 0.717) is 16.8 Å². The fraction of sp³-hybridized carbons (Fsp3) is 0.636. The summed E-state index contributed by atoms with van der Waals surface area (Å²) in [5, 5.41) is 4.24. The summed E-state index contributed by atoms with van der Waals surface area (Å²) in [5.74, 6) is 1.61. The van der Waals surface area contributed by atoms with Gasteiger partial charge < -0.3 is 11.1 Å². The Morgan fingerprint density at radius 2 is 1.89 bits per heavy atom. The molecule has 3 N–H and O–H groups in total. The summed E-state index contributed by atoms with van der Waals surface area (Å²) in [7, 11) is 1.82. The standard InChI is InChI=1S/C22H35ClN4/c1-4-9-21(26-17-10-7-6-8-11-17)27-22(19(23)5-2)18(15-24)20(25-3)14-16-12-13-16/h5,9,15-17,26H,4,6-8,10-14,24H2,1-3H3/b18-15?,19-5+,21-9+,25-20?,27-22+. The van der Waals surface area contributed by atoms with Gasteiger partial charge in [0.25, 0.3) is 0 Å². The maximum Gasteiger partial charge on any atom is 0.122 e. The van der Waals surface area contributed by atoms with Crippen LogP contribution in [-0.2, 0) is 0 Å². The van der Waals surface area contributed by atoms with E-state index in [1.807, 2.05) is 20.0 Å². The Morgan fingerprint density at radius 1 is 1.19 bits per heavy atom. The smallest absolute Gasteiger partial charge is 0.122 e. The van der Waals surface area contributed by atoms with Crippen molar-refractivity contribution in [2.24, 2.45) is 21.6 Å². The zero-order chi connectivity index (χ0) is 19.6. The van der Waals surface area contributed by atoms with E-state index in [2.05, 4.69) is 23.3 Å². The van der Waals surface area contributed by atoms with Gasteiger partial charge in [-0.2, -0.15) is 0 Å². The molecule has 0 heterocycles. The van der Waals surface area contributed by atoms with Crippen molar-refractivity contribution in [3.63, 3.8) is 0 Å². The van der Waals surface area contributed by atoms with Gasteiger partial charge in [0.15, 0.2) is 0 Å². The topological polar surface area (TPSA) is 62.8 Å². The van der Waals surface area contributed by atoms with Crippen LogP contribution in [0.2, 0.25) is 0 Å². The van der Waals surface area contributed by atoms with Gasteiger partial charge in [-0.1, -0.05) is 43.9 Å². The molecule has 2 rings (SSSR count). The van der Waals surface area contributed by atoms with Gasteiger partial charge in [-0.3, -0.25) is 4.99 Å². The third-order valence-corrected chi connectivity index (χ3v) is 5.65. The SMILES string of the molecule is C\C=C(Cl)/C(=N/C(=C/CC)NC1CCCCC1)C(=CN)C(CC1CC1)=NC. The van der Waals surface area contributed by atoms with Crippen LogP contribution in [0.25, 0.3) is 0 Å². The molecule has 0 spiro atoms. The molecule has 0 amide bonds. The highest BCUT2D eigenvalue weighted by Crippen LogP contribution is 2.34. The zero-order valence-corrected chi connectivity index (χ0v) is 17.9. The monoisotopic (exact) mass is 390 g/mol. The van der Waals surface area contributed by atoms with Crippen molar-refractivity contribution in [2.45, 2.75) is 77.7 Å². The summed E-state index contributed by atoms with van der Waals surface area (Å²) in [6, 6.07) is 0.488. The molecule has 27 heavy (non-hydrogen) atoms. The van der Waals surface area contributed by atoms with Gasteiger partial charge in [0.05, 0.1) is 10.7 Å². The third-order valence-electron chi connectivity index (χ3n) is 5.25. The van der Waals surface area contributed by atoms with E-state index in [0.717, 1.165) is 35.9 Å². The van der Waals surface area contributed by atoms with Crippen molar-refractivity contribution >= 4 is 23.0 Å². The van der Waals surface area contributed by atoms with Crippen LogP contribution in [0, 0.1) is 5.92 Å². The van der Waals surface area contributed by atoms with Gasteiger partial charge in [0, 0.05) is 30.6 Å². The number of nitrogens with one attached hydrogen (secondary N) is 1. The molecule has 0 aromatic heterocycles. The highest BCUT2D eigenvalue weighted by atomic mass is 35.5. The van der Waals surface area contributed by atoms with E-state index in [1.165, 1.54) is 44.9 Å². The second kappa shape index (κ2) is 11.3. The molecular formula is C22H35ClN4. The minimum Gasteiger partial charge on any atom is -0.404 e. The molecule has 2 fully saturated rings. The fourth-order valence-corrected chi connectivity index (χ4v) is 3.66. The minimum atomic E-state index is 0.488. The molecule has 0 radical (unpaired) electrons. The Labute approximate surface area is 169 Å². The minimum absolute atomic E-state index is 0.488. The lowest BCUT2D eigenvalue weighted by Gasteiger charge is -2.24. The Morgan fingerprint density at radius 3 is 2.41 bits per heavy atom. The maximum atomic E-state index is 6.57. The van der Waals surface area contributed by atoms with Crippen LogP contribution in [0.3, 0.4) is 0 Å². The van der Waals surface area contributed by atoms with Crippen molar-refractivity contribution in [3.05, 3.63) is 34.8 Å². The summed E-state index contributed by atoms with van der Waals surface area (Å²) in [4.78, 5) is 9.44. The van der Waals surface area contributed by atoms with Gasteiger partial charge in [-0.25, -0.2) is 4.99 Å². The van der Waals surface area contributed by atoms with Crippen LogP contribution in [0.4, 0.5) is 0 Å². The molecule has 0 atom stereocenters. The van der Waals surface area contributed by atoms with Crippen LogP contribution < -0.4 is 11.1 Å². The largest absolute Gasteiger partial charge is 0.404 e. The molecule has 0 bridgehead atoms. The number of halogens is 1. The van der Waals surface area contributed by atoms with Gasteiger partial charge in [-0.15, -0.1) is 0 Å². The van der Waals surface area contributed by atoms with Crippen LogP contribution in [0.5, 0.6) is 0 Å². The number of aliphatic imine (C=N–C) groups is 2. The molecule has 0 aromatic carbocycles. The van der Waals surface area contributed by atoms with Crippen LogP contribution >= 0.6 is 11.6 Å². The van der Waals surface area contributed by atoms with Crippen LogP contribution in [0.1, 0.15) is 71.6 Å². The Hall–Kier alpha value is -1.55. The molecule has 0 unspecified atom stereocenters. The normalized spacial score (nSPS) is 21.6. The van der Waals surface area contributed by atoms with Crippen molar-refractivity contribution in [2.75, 3.05) is 7.05 Å². The number of allylic oxidation sites excluding steroid dienone is 4. The highest BCUT2D eigenvalue weighted by Gasteiger charge is 2.26. The van der Waals surface area contributed by atoms with Crippen molar-refractivity contribution in [1.82, 2.24) is 5.32 Å². The second-order valence-electron chi connectivity index (χ2n) is 7.47. The Balaban J connectivity index is 2.31. The summed E-state index contributed by atoms with van der Waals surface area (Å²) in [5.41, 5.74) is 8.58. The van der Waals surface area contributed by atoms with Crippen LogP contribution in [-0.4, -0.2) is 24.5 Å². The van der Waals surface area contributed by atoms with Gasteiger partial charge >= 0.3 is 0 Å². The first-order chi connectivity index (χ1) is 13.1. The molecule has 0 aliphatic heterocycles.